The van der Waals surface area contributed by atoms with Crippen molar-refractivity contribution in [2.24, 2.45) is 5.73 Å². The third-order valence-electron chi connectivity index (χ3n) is 4.98. The third kappa shape index (κ3) is 5.74. The number of benzene rings is 1. The van der Waals surface area contributed by atoms with Gasteiger partial charge in [-0.1, -0.05) is 17.7 Å². The van der Waals surface area contributed by atoms with Gasteiger partial charge in [0, 0.05) is 37.1 Å². The third-order valence-corrected chi connectivity index (χ3v) is 5.21. The minimum Gasteiger partial charge on any atom is -0.496 e. The summed E-state index contributed by atoms with van der Waals surface area (Å²) < 4.78 is 8.66. The first kappa shape index (κ1) is 22.6. The van der Waals surface area contributed by atoms with Gasteiger partial charge in [0.2, 0.25) is 5.91 Å². The van der Waals surface area contributed by atoms with Crippen LogP contribution in [0.4, 0.5) is 0 Å². The Morgan fingerprint density at radius 2 is 2.06 bits per heavy atom. The molecule has 2 aromatic heterocycles. The molecule has 0 fully saturated rings. The van der Waals surface area contributed by atoms with Gasteiger partial charge in [0.05, 0.1) is 31.8 Å². The number of rotatable bonds is 9. The van der Waals surface area contributed by atoms with Gasteiger partial charge in [-0.3, -0.25) is 14.3 Å². The Kier molecular flexibility index (Phi) is 7.49. The highest BCUT2D eigenvalue weighted by Gasteiger charge is 2.15. The number of aryl methyl sites for hydroxylation is 3. The van der Waals surface area contributed by atoms with Crippen molar-refractivity contribution in [3.8, 4) is 5.75 Å². The Morgan fingerprint density at radius 1 is 1.26 bits per heavy atom. The van der Waals surface area contributed by atoms with Crippen LogP contribution in [0.15, 0.2) is 47.7 Å². The van der Waals surface area contributed by atoms with Crippen LogP contribution in [0, 0.1) is 6.92 Å². The molecule has 0 saturated carbocycles. The summed E-state index contributed by atoms with van der Waals surface area (Å²) in [4.78, 5) is 25.6. The predicted octanol–water partition coefficient (Wildman–Crippen LogP) is 2.03. The fourth-order valence-electron chi connectivity index (χ4n) is 3.31. The lowest BCUT2D eigenvalue weighted by Gasteiger charge is -2.13. The lowest BCUT2D eigenvalue weighted by Crippen LogP contribution is -2.31. The van der Waals surface area contributed by atoms with Crippen molar-refractivity contribution in [2.75, 3.05) is 7.11 Å². The van der Waals surface area contributed by atoms with Crippen molar-refractivity contribution in [3.05, 3.63) is 80.5 Å². The van der Waals surface area contributed by atoms with Crippen LogP contribution in [-0.2, 0) is 37.4 Å². The molecule has 1 amide bonds. The van der Waals surface area contributed by atoms with Crippen molar-refractivity contribution in [1.29, 1.82) is 0 Å². The molecule has 31 heavy (non-hydrogen) atoms. The van der Waals surface area contributed by atoms with E-state index in [4.69, 9.17) is 22.1 Å². The molecule has 3 aromatic rings. The number of methoxy groups -OCH3 is 1. The van der Waals surface area contributed by atoms with Gasteiger partial charge >= 0.3 is 0 Å². The zero-order valence-electron chi connectivity index (χ0n) is 17.6. The average Bonchev–Trinajstić information content (AvgIpc) is 3.18. The van der Waals surface area contributed by atoms with Gasteiger partial charge < -0.3 is 20.4 Å². The van der Waals surface area contributed by atoms with Crippen molar-refractivity contribution in [3.63, 3.8) is 0 Å². The highest BCUT2D eigenvalue weighted by Crippen LogP contribution is 2.17. The second kappa shape index (κ2) is 10.3. The maximum Gasteiger partial charge on any atom is 0.258 e. The molecule has 0 radical (unpaired) electrons. The molecular formula is C22H26ClN5O3. The van der Waals surface area contributed by atoms with E-state index in [1.165, 1.54) is 7.11 Å². The maximum absolute atomic E-state index is 13.0. The fraction of sp³-hybridized carbons (Fsp3) is 0.318. The fourth-order valence-corrected chi connectivity index (χ4v) is 3.50. The molecule has 0 saturated heterocycles. The molecule has 0 unspecified atom stereocenters. The molecule has 0 bridgehead atoms. The van der Waals surface area contributed by atoms with Gasteiger partial charge in [0.25, 0.3) is 5.56 Å². The highest BCUT2D eigenvalue weighted by molar-refractivity contribution is 6.30. The smallest absolute Gasteiger partial charge is 0.258 e. The van der Waals surface area contributed by atoms with Crippen LogP contribution in [0.1, 0.15) is 22.3 Å². The van der Waals surface area contributed by atoms with E-state index in [1.54, 1.807) is 39.8 Å². The molecule has 164 valence electrons. The molecule has 0 atom stereocenters. The Labute approximate surface area is 185 Å². The van der Waals surface area contributed by atoms with E-state index in [1.807, 2.05) is 19.2 Å². The lowest BCUT2D eigenvalue weighted by molar-refractivity contribution is -0.120. The molecule has 9 heteroatoms. The SMILES string of the molecule is COc1ccn(CCn2cc(C)cn2)c(=O)c1CC(=O)NCc1cc(Cl)ccc1CN. The van der Waals surface area contributed by atoms with Gasteiger partial charge in [-0.25, -0.2) is 0 Å². The summed E-state index contributed by atoms with van der Waals surface area (Å²) in [6.07, 6.45) is 5.25. The van der Waals surface area contributed by atoms with Crippen molar-refractivity contribution < 1.29 is 9.53 Å². The first-order valence-electron chi connectivity index (χ1n) is 9.90. The van der Waals surface area contributed by atoms with E-state index >= 15 is 0 Å². The van der Waals surface area contributed by atoms with Crippen LogP contribution in [0.2, 0.25) is 5.02 Å². The topological polar surface area (TPSA) is 104 Å². The second-order valence-corrected chi connectivity index (χ2v) is 7.65. The number of nitrogens with two attached hydrogens (primary N) is 1. The minimum atomic E-state index is -0.293. The highest BCUT2D eigenvalue weighted by atomic mass is 35.5. The molecule has 0 aliphatic heterocycles. The number of nitrogens with one attached hydrogen (secondary N) is 1. The Balaban J connectivity index is 1.71. The molecular weight excluding hydrogens is 418 g/mol. The minimum absolute atomic E-state index is 0.0950. The Bertz CT molecular complexity index is 1120. The number of carbonyl (C=O) groups is 1. The number of halogens is 1. The molecule has 0 spiro atoms. The van der Waals surface area contributed by atoms with E-state index in [2.05, 4.69) is 10.4 Å². The van der Waals surface area contributed by atoms with Crippen LogP contribution in [0.5, 0.6) is 5.75 Å². The number of amides is 1. The molecule has 0 aliphatic carbocycles. The zero-order chi connectivity index (χ0) is 22.4. The van der Waals surface area contributed by atoms with Crippen LogP contribution < -0.4 is 21.3 Å². The monoisotopic (exact) mass is 443 g/mol. The number of carbonyl (C=O) groups excluding carboxylic acids is 1. The summed E-state index contributed by atoms with van der Waals surface area (Å²) in [7, 11) is 1.48. The molecule has 2 heterocycles. The Hall–Kier alpha value is -3.10. The van der Waals surface area contributed by atoms with Crippen LogP contribution in [0.25, 0.3) is 0 Å². The summed E-state index contributed by atoms with van der Waals surface area (Å²) in [5.41, 5.74) is 8.60. The Morgan fingerprint density at radius 3 is 2.74 bits per heavy atom. The van der Waals surface area contributed by atoms with Gasteiger partial charge in [0.15, 0.2) is 0 Å². The molecule has 3 N–H and O–H groups in total. The quantitative estimate of drug-likeness (QED) is 0.526. The van der Waals surface area contributed by atoms with Crippen LogP contribution >= 0.6 is 11.6 Å². The van der Waals surface area contributed by atoms with E-state index in [-0.39, 0.29) is 24.4 Å². The zero-order valence-corrected chi connectivity index (χ0v) is 18.4. The van der Waals surface area contributed by atoms with Crippen molar-refractivity contribution >= 4 is 17.5 Å². The standard InChI is InChI=1S/C22H26ClN5O3/c1-15-12-26-28(14-15)8-7-27-6-5-20(31-2)19(22(27)30)10-21(29)25-13-17-9-18(23)4-3-16(17)11-24/h3-6,9,12,14H,7-8,10-11,13,24H2,1-2H3,(H,25,29). The van der Waals surface area contributed by atoms with Gasteiger partial charge in [-0.05, 0) is 41.8 Å². The summed E-state index contributed by atoms with van der Waals surface area (Å²) in [5.74, 6) is 0.0931. The average molecular weight is 444 g/mol. The van der Waals surface area contributed by atoms with Crippen molar-refractivity contribution in [1.82, 2.24) is 19.7 Å². The van der Waals surface area contributed by atoms with Gasteiger partial charge in [-0.2, -0.15) is 5.10 Å². The summed E-state index contributed by atoms with van der Waals surface area (Å²) in [5, 5.41) is 7.64. The molecule has 8 nitrogen and oxygen atoms in total. The lowest BCUT2D eigenvalue weighted by atomic mass is 10.1. The number of nitrogens with zero attached hydrogens (tertiary/aromatic N) is 3. The summed E-state index contributed by atoms with van der Waals surface area (Å²) >= 11 is 6.05. The van der Waals surface area contributed by atoms with Crippen molar-refractivity contribution in [2.45, 2.75) is 39.5 Å². The number of hydrogen-bond acceptors (Lipinski definition) is 5. The number of pyridine rings is 1. The van der Waals surface area contributed by atoms with E-state index < -0.39 is 0 Å². The van der Waals surface area contributed by atoms with E-state index in [9.17, 15) is 9.59 Å². The van der Waals surface area contributed by atoms with Gasteiger partial charge in [-0.15, -0.1) is 0 Å². The number of hydrogen-bond donors (Lipinski definition) is 2. The number of aromatic nitrogens is 3. The second-order valence-electron chi connectivity index (χ2n) is 7.21. The first-order valence-corrected chi connectivity index (χ1v) is 10.3. The first-order chi connectivity index (χ1) is 14.9. The molecule has 0 aliphatic rings. The van der Waals surface area contributed by atoms with E-state index in [0.717, 1.165) is 16.7 Å². The normalized spacial score (nSPS) is 10.8. The van der Waals surface area contributed by atoms with E-state index in [0.29, 0.717) is 36.0 Å². The van der Waals surface area contributed by atoms with Crippen LogP contribution in [0.3, 0.4) is 0 Å². The van der Waals surface area contributed by atoms with Crippen LogP contribution in [-0.4, -0.2) is 27.4 Å². The molecule has 1 aromatic carbocycles. The predicted molar refractivity (Wildman–Crippen MR) is 119 cm³/mol. The number of ether oxygens (including phenoxy) is 1. The van der Waals surface area contributed by atoms with Gasteiger partial charge in [0.1, 0.15) is 5.75 Å². The summed E-state index contributed by atoms with van der Waals surface area (Å²) in [6, 6.07) is 7.07. The maximum atomic E-state index is 13.0. The molecule has 3 rings (SSSR count). The summed E-state index contributed by atoms with van der Waals surface area (Å²) in [6.45, 7) is 3.55. The largest absolute Gasteiger partial charge is 0.496 e.